The second kappa shape index (κ2) is 5.30. The molecule has 0 spiro atoms. The highest BCUT2D eigenvalue weighted by molar-refractivity contribution is 5.95. The molecule has 0 aromatic heterocycles. The number of amides is 1. The van der Waals surface area contributed by atoms with Crippen molar-refractivity contribution in [3.05, 3.63) is 35.1 Å². The van der Waals surface area contributed by atoms with Gasteiger partial charge < -0.3 is 4.90 Å². The van der Waals surface area contributed by atoms with Crippen LogP contribution in [0.3, 0.4) is 0 Å². The fourth-order valence-corrected chi connectivity index (χ4v) is 1.69. The lowest BCUT2D eigenvalue weighted by atomic mass is 10.0. The Bertz CT molecular complexity index is 415. The van der Waals surface area contributed by atoms with E-state index in [1.165, 1.54) is 12.1 Å². The number of hydrogen-bond acceptors (Lipinski definition) is 1. The lowest BCUT2D eigenvalue weighted by Gasteiger charge is -2.28. The Labute approximate surface area is 102 Å². The first kappa shape index (κ1) is 13.7. The topological polar surface area (TPSA) is 20.3 Å². The summed E-state index contributed by atoms with van der Waals surface area (Å²) in [6.07, 6.45) is 0. The minimum atomic E-state index is -0.307. The zero-order chi connectivity index (χ0) is 13.2. The molecule has 0 aliphatic heterocycles. The van der Waals surface area contributed by atoms with Crippen LogP contribution in [0.2, 0.25) is 0 Å². The van der Waals surface area contributed by atoms with Crippen molar-refractivity contribution in [3.8, 4) is 0 Å². The molecule has 0 saturated heterocycles. The number of carbonyl (C=O) groups is 1. The summed E-state index contributed by atoms with van der Waals surface area (Å²) >= 11 is 0. The van der Waals surface area contributed by atoms with E-state index in [9.17, 15) is 9.18 Å². The molecular weight excluding hydrogens is 217 g/mol. The summed E-state index contributed by atoms with van der Waals surface area (Å²) in [6.45, 7) is 7.92. The second-order valence-corrected chi connectivity index (χ2v) is 4.86. The minimum Gasteiger partial charge on any atom is -0.339 e. The Balaban J connectivity index is 2.96. The molecule has 0 bridgehead atoms. The van der Waals surface area contributed by atoms with Crippen LogP contribution in [0.1, 0.15) is 36.7 Å². The molecule has 2 nitrogen and oxygen atoms in total. The average Bonchev–Trinajstić information content (AvgIpc) is 2.26. The molecule has 1 aromatic rings. The Hall–Kier alpha value is -1.38. The van der Waals surface area contributed by atoms with Crippen LogP contribution in [-0.4, -0.2) is 23.9 Å². The van der Waals surface area contributed by atoms with E-state index in [0.29, 0.717) is 17.0 Å². The third kappa shape index (κ3) is 3.05. The van der Waals surface area contributed by atoms with Crippen molar-refractivity contribution >= 4 is 5.91 Å². The smallest absolute Gasteiger partial charge is 0.254 e. The number of rotatable bonds is 3. The van der Waals surface area contributed by atoms with E-state index in [1.807, 2.05) is 6.92 Å². The molecule has 1 aromatic carbocycles. The molecule has 17 heavy (non-hydrogen) atoms. The Morgan fingerprint density at radius 3 is 2.35 bits per heavy atom. The van der Waals surface area contributed by atoms with Gasteiger partial charge in [0, 0.05) is 18.7 Å². The van der Waals surface area contributed by atoms with Crippen LogP contribution in [0.25, 0.3) is 0 Å². The predicted octanol–water partition coefficient (Wildman–Crippen LogP) is 3.25. The molecule has 0 heterocycles. The predicted molar refractivity (Wildman–Crippen MR) is 67.5 cm³/mol. The minimum absolute atomic E-state index is 0.0521. The maximum atomic E-state index is 13.0. The van der Waals surface area contributed by atoms with Crippen LogP contribution in [0.15, 0.2) is 18.2 Å². The number of carbonyl (C=O) groups excluding carboxylic acids is 1. The van der Waals surface area contributed by atoms with Crippen molar-refractivity contribution in [3.63, 3.8) is 0 Å². The van der Waals surface area contributed by atoms with Crippen LogP contribution in [0.5, 0.6) is 0 Å². The summed E-state index contributed by atoms with van der Waals surface area (Å²) < 4.78 is 13.0. The summed E-state index contributed by atoms with van der Waals surface area (Å²) in [5.41, 5.74) is 1.25. The van der Waals surface area contributed by atoms with Gasteiger partial charge in [0.1, 0.15) is 5.82 Å². The molecule has 1 rings (SSSR count). The van der Waals surface area contributed by atoms with E-state index in [4.69, 9.17) is 0 Å². The van der Waals surface area contributed by atoms with E-state index in [2.05, 4.69) is 13.8 Å². The van der Waals surface area contributed by atoms with E-state index >= 15 is 0 Å². The fraction of sp³-hybridized carbons (Fsp3) is 0.500. The first-order chi connectivity index (χ1) is 7.84. The van der Waals surface area contributed by atoms with E-state index in [0.717, 1.165) is 0 Å². The third-order valence-corrected chi connectivity index (χ3v) is 3.31. The van der Waals surface area contributed by atoms with E-state index < -0.39 is 0 Å². The normalized spacial score (nSPS) is 12.6. The molecule has 1 atom stereocenters. The molecule has 0 saturated carbocycles. The van der Waals surface area contributed by atoms with Gasteiger partial charge in [-0.05, 0) is 43.5 Å². The second-order valence-electron chi connectivity index (χ2n) is 4.86. The summed E-state index contributed by atoms with van der Waals surface area (Å²) in [5.74, 6) is 0.0343. The summed E-state index contributed by atoms with van der Waals surface area (Å²) in [7, 11) is 1.79. The maximum Gasteiger partial charge on any atom is 0.254 e. The molecule has 1 unspecified atom stereocenters. The Morgan fingerprint density at radius 1 is 1.29 bits per heavy atom. The van der Waals surface area contributed by atoms with Crippen molar-refractivity contribution in [1.82, 2.24) is 4.90 Å². The quantitative estimate of drug-likeness (QED) is 0.790. The van der Waals surface area contributed by atoms with Gasteiger partial charge in [-0.15, -0.1) is 0 Å². The molecule has 94 valence electrons. The van der Waals surface area contributed by atoms with E-state index in [-0.39, 0.29) is 17.8 Å². The molecule has 0 N–H and O–H groups in total. The lowest BCUT2D eigenvalue weighted by Crippen LogP contribution is -2.38. The van der Waals surface area contributed by atoms with Crippen LogP contribution in [0, 0.1) is 18.7 Å². The fourth-order valence-electron chi connectivity index (χ4n) is 1.69. The van der Waals surface area contributed by atoms with Crippen LogP contribution in [0.4, 0.5) is 4.39 Å². The van der Waals surface area contributed by atoms with Crippen molar-refractivity contribution in [2.75, 3.05) is 7.05 Å². The van der Waals surface area contributed by atoms with Gasteiger partial charge in [0.25, 0.3) is 5.91 Å². The highest BCUT2D eigenvalue weighted by Gasteiger charge is 2.21. The highest BCUT2D eigenvalue weighted by atomic mass is 19.1. The van der Waals surface area contributed by atoms with Gasteiger partial charge >= 0.3 is 0 Å². The number of benzene rings is 1. The first-order valence-corrected chi connectivity index (χ1v) is 5.88. The maximum absolute atomic E-state index is 13.0. The molecular formula is C14H20FNO. The van der Waals surface area contributed by atoms with Gasteiger partial charge in [-0.3, -0.25) is 4.79 Å². The largest absolute Gasteiger partial charge is 0.339 e. The Morgan fingerprint density at radius 2 is 1.88 bits per heavy atom. The van der Waals surface area contributed by atoms with Gasteiger partial charge in [-0.2, -0.15) is 0 Å². The van der Waals surface area contributed by atoms with Crippen LogP contribution in [-0.2, 0) is 0 Å². The van der Waals surface area contributed by atoms with Crippen molar-refractivity contribution < 1.29 is 9.18 Å². The summed E-state index contributed by atoms with van der Waals surface area (Å²) in [4.78, 5) is 13.9. The zero-order valence-electron chi connectivity index (χ0n) is 11.1. The van der Waals surface area contributed by atoms with Crippen LogP contribution >= 0.6 is 0 Å². The SMILES string of the molecule is Cc1cc(F)ccc1C(=O)N(C)C(C)C(C)C. The van der Waals surface area contributed by atoms with E-state index in [1.54, 1.807) is 24.9 Å². The molecule has 0 aliphatic carbocycles. The highest BCUT2D eigenvalue weighted by Crippen LogP contribution is 2.16. The number of aryl methyl sites for hydroxylation is 1. The lowest BCUT2D eigenvalue weighted by molar-refractivity contribution is 0.0706. The summed E-state index contributed by atoms with van der Waals surface area (Å²) in [5, 5.41) is 0. The third-order valence-electron chi connectivity index (χ3n) is 3.31. The summed E-state index contributed by atoms with van der Waals surface area (Å²) in [6, 6.07) is 4.43. The number of hydrogen-bond donors (Lipinski definition) is 0. The Kier molecular flexibility index (Phi) is 4.27. The molecule has 0 fully saturated rings. The molecule has 0 aliphatic rings. The zero-order valence-corrected chi connectivity index (χ0v) is 11.1. The first-order valence-electron chi connectivity index (χ1n) is 5.88. The van der Waals surface area contributed by atoms with Gasteiger partial charge in [-0.1, -0.05) is 13.8 Å². The van der Waals surface area contributed by atoms with Gasteiger partial charge in [0.15, 0.2) is 0 Å². The average molecular weight is 237 g/mol. The monoisotopic (exact) mass is 237 g/mol. The number of halogens is 1. The van der Waals surface area contributed by atoms with Crippen molar-refractivity contribution in [2.24, 2.45) is 5.92 Å². The van der Waals surface area contributed by atoms with Crippen LogP contribution < -0.4 is 0 Å². The van der Waals surface area contributed by atoms with Crippen molar-refractivity contribution in [1.29, 1.82) is 0 Å². The molecule has 0 radical (unpaired) electrons. The van der Waals surface area contributed by atoms with Gasteiger partial charge in [0.2, 0.25) is 0 Å². The molecule has 3 heteroatoms. The van der Waals surface area contributed by atoms with Gasteiger partial charge in [0.05, 0.1) is 0 Å². The van der Waals surface area contributed by atoms with Gasteiger partial charge in [-0.25, -0.2) is 4.39 Å². The molecule has 1 amide bonds. The standard InChI is InChI=1S/C14H20FNO/c1-9(2)11(4)16(5)14(17)13-7-6-12(15)8-10(13)3/h6-9,11H,1-5H3. The van der Waals surface area contributed by atoms with Crippen molar-refractivity contribution in [2.45, 2.75) is 33.7 Å². The number of nitrogens with zero attached hydrogens (tertiary/aromatic N) is 1.